The molecule has 2 aliphatic heterocycles. The number of rotatable bonds is 2. The standard InChI is InChI=1S/2C12H14F4N2.2C5H5.2HI.Ti/c2*1-18(2)5-3-17(4-6-18)12-10(15)8(13)7-9(14)11(12)16;2*1-2-4-5-3-1;;;/h2*3-6H2,1-2H3;2*1-3H,4H2;2*1H;/q;;2*-1;;;+4/p-2. The molecule has 0 atom stereocenters. The van der Waals surface area contributed by atoms with E-state index in [4.69, 9.17) is 0 Å². The molecule has 0 saturated carbocycles. The monoisotopic (exact) mass is 956 g/mol. The molecule has 15 heteroatoms. The van der Waals surface area contributed by atoms with Crippen LogP contribution in [0.15, 0.2) is 36.5 Å². The Morgan fingerprint density at radius 1 is 0.510 bits per heavy atom. The van der Waals surface area contributed by atoms with Gasteiger partial charge in [-0.05, 0) is 0 Å². The van der Waals surface area contributed by atoms with Crippen molar-refractivity contribution in [2.75, 3.05) is 90.3 Å². The molecule has 2 aromatic rings. The fraction of sp³-hybridized carbons (Fsp3) is 0.412. The Balaban J connectivity index is 0.000000697. The topological polar surface area (TPSA) is 6.48 Å². The third-order valence-corrected chi connectivity index (χ3v) is 7.75. The maximum Gasteiger partial charge on any atom is 4.00 e. The molecule has 268 valence electrons. The van der Waals surface area contributed by atoms with Gasteiger partial charge in [0.25, 0.3) is 0 Å². The van der Waals surface area contributed by atoms with Crippen LogP contribution in [0.25, 0.3) is 0 Å². The smallest absolute Gasteiger partial charge is 1.00 e. The SMILES string of the molecule is C[N+]1(C)CCN(c2c(F)c(F)[c-]c(F)c2F)CC1.C[N+]1(C)CCN(c2c(F)c(F)[c-]c(F)c2F)CC1.[C-]1=CC=CC1.[C-]1=CC=CC1.[I-].[I-].[Ti+4]. The van der Waals surface area contributed by atoms with E-state index in [0.717, 1.165) is 12.8 Å². The van der Waals surface area contributed by atoms with Gasteiger partial charge in [-0.1, -0.05) is 0 Å². The van der Waals surface area contributed by atoms with E-state index >= 15 is 0 Å². The summed E-state index contributed by atoms with van der Waals surface area (Å²) in [5, 5.41) is 0. The van der Waals surface area contributed by atoms with Crippen LogP contribution in [0.5, 0.6) is 0 Å². The maximum atomic E-state index is 13.6. The average molecular weight is 956 g/mol. The van der Waals surface area contributed by atoms with Crippen molar-refractivity contribution in [1.29, 1.82) is 0 Å². The summed E-state index contributed by atoms with van der Waals surface area (Å²) in [6, 6.07) is 2.78. The molecule has 0 aromatic heterocycles. The Kier molecular flexibility index (Phi) is 21.1. The van der Waals surface area contributed by atoms with Crippen LogP contribution < -0.4 is 57.8 Å². The number of hydrogen-bond acceptors (Lipinski definition) is 2. The first kappa shape index (κ1) is 47.5. The Morgan fingerprint density at radius 3 is 0.959 bits per heavy atom. The fourth-order valence-corrected chi connectivity index (χ4v) is 4.72. The molecule has 2 aliphatic carbocycles. The number of hydrogen-bond donors (Lipinski definition) is 0. The largest absolute Gasteiger partial charge is 4.00 e. The van der Waals surface area contributed by atoms with Crippen molar-refractivity contribution in [3.63, 3.8) is 0 Å². The van der Waals surface area contributed by atoms with Gasteiger partial charge in [0.2, 0.25) is 0 Å². The number of likely N-dealkylation sites (N-methyl/N-ethyl adjacent to an activating group) is 2. The molecule has 2 fully saturated rings. The molecule has 4 aliphatic rings. The molecule has 0 amide bonds. The van der Waals surface area contributed by atoms with Crippen LogP contribution in [0, 0.1) is 70.8 Å². The third-order valence-electron chi connectivity index (χ3n) is 7.75. The first-order valence-corrected chi connectivity index (χ1v) is 14.7. The molecule has 2 aromatic carbocycles. The second-order valence-electron chi connectivity index (χ2n) is 12.2. The summed E-state index contributed by atoms with van der Waals surface area (Å²) in [6.45, 7) is 4.02. The molecule has 0 radical (unpaired) electrons. The molecule has 4 nitrogen and oxygen atoms in total. The number of allylic oxidation sites excluding steroid dienone is 8. The average Bonchev–Trinajstić information content (AvgIpc) is 3.78. The minimum absolute atomic E-state index is 0. The van der Waals surface area contributed by atoms with Crippen LogP contribution in [0.3, 0.4) is 0 Å². The van der Waals surface area contributed by atoms with Gasteiger partial charge >= 0.3 is 21.7 Å². The first-order chi connectivity index (χ1) is 21.6. The number of benzene rings is 2. The molecule has 2 heterocycles. The first-order valence-electron chi connectivity index (χ1n) is 14.7. The van der Waals surface area contributed by atoms with Crippen LogP contribution >= 0.6 is 0 Å². The van der Waals surface area contributed by atoms with E-state index in [0.29, 0.717) is 61.3 Å². The van der Waals surface area contributed by atoms with E-state index < -0.39 is 57.9 Å². The van der Waals surface area contributed by atoms with Gasteiger partial charge in [-0.15, -0.1) is 25.0 Å². The van der Waals surface area contributed by atoms with Crippen molar-refractivity contribution in [3.8, 4) is 0 Å². The van der Waals surface area contributed by atoms with Crippen molar-refractivity contribution in [3.05, 3.63) is 107 Å². The van der Waals surface area contributed by atoms with E-state index in [1.54, 1.807) is 0 Å². The van der Waals surface area contributed by atoms with Crippen molar-refractivity contribution < 1.29 is 114 Å². The second-order valence-corrected chi connectivity index (χ2v) is 12.2. The number of nitrogens with zero attached hydrogens (tertiary/aromatic N) is 4. The second kappa shape index (κ2) is 21.8. The normalized spacial score (nSPS) is 17.6. The van der Waals surface area contributed by atoms with Crippen LogP contribution in [0.1, 0.15) is 12.8 Å². The van der Waals surface area contributed by atoms with Gasteiger partial charge in [-0.3, -0.25) is 29.7 Å². The predicted molar refractivity (Wildman–Crippen MR) is 161 cm³/mol. The Hall–Kier alpha value is -1.47. The molecule has 0 bridgehead atoms. The number of halogens is 10. The van der Waals surface area contributed by atoms with Crippen LogP contribution in [-0.2, 0) is 21.7 Å². The van der Waals surface area contributed by atoms with Crippen molar-refractivity contribution in [1.82, 2.24) is 0 Å². The molecular formula is C34H38F8I2N4Ti. The number of piperazine rings is 2. The summed E-state index contributed by atoms with van der Waals surface area (Å²) in [6.07, 6.45) is 20.0. The molecular weight excluding hydrogens is 918 g/mol. The van der Waals surface area contributed by atoms with Crippen molar-refractivity contribution in [2.24, 2.45) is 0 Å². The van der Waals surface area contributed by atoms with Gasteiger partial charge < -0.3 is 66.7 Å². The van der Waals surface area contributed by atoms with Gasteiger partial charge in [0, 0.05) is 11.4 Å². The zero-order chi connectivity index (χ0) is 34.1. The molecule has 0 spiro atoms. The summed E-state index contributed by atoms with van der Waals surface area (Å²) < 4.78 is 108. The number of anilines is 2. The minimum atomic E-state index is -1.48. The molecule has 49 heavy (non-hydrogen) atoms. The third kappa shape index (κ3) is 14.2. The van der Waals surface area contributed by atoms with E-state index in [1.165, 1.54) is 21.9 Å². The summed E-state index contributed by atoms with van der Waals surface area (Å²) >= 11 is 0. The van der Waals surface area contributed by atoms with Crippen LogP contribution in [0.2, 0.25) is 0 Å². The van der Waals surface area contributed by atoms with E-state index in [1.807, 2.05) is 52.5 Å². The zero-order valence-electron chi connectivity index (χ0n) is 27.6. The Labute approximate surface area is 333 Å². The van der Waals surface area contributed by atoms with Gasteiger partial charge in [0.05, 0.1) is 127 Å². The Bertz CT molecular complexity index is 1280. The maximum absolute atomic E-state index is 13.6. The predicted octanol–water partition coefficient (Wildman–Crippen LogP) is 0.496. The minimum Gasteiger partial charge on any atom is -1.00 e. The van der Waals surface area contributed by atoms with Gasteiger partial charge in [0.1, 0.15) is 0 Å². The number of quaternary nitrogens is 2. The van der Waals surface area contributed by atoms with Gasteiger partial charge in [0.15, 0.2) is 0 Å². The van der Waals surface area contributed by atoms with Crippen LogP contribution in [0.4, 0.5) is 46.5 Å². The van der Waals surface area contributed by atoms with Gasteiger partial charge in [-0.2, -0.15) is 12.2 Å². The molecule has 0 unspecified atom stereocenters. The molecule has 6 rings (SSSR count). The molecule has 2 saturated heterocycles. The van der Waals surface area contributed by atoms with Crippen molar-refractivity contribution >= 4 is 11.4 Å². The quantitative estimate of drug-likeness (QED) is 0.108. The summed E-state index contributed by atoms with van der Waals surface area (Å²) in [4.78, 5) is 2.68. The van der Waals surface area contributed by atoms with Gasteiger partial charge in [-0.25, -0.2) is 41.9 Å². The van der Waals surface area contributed by atoms with E-state index in [9.17, 15) is 35.1 Å². The van der Waals surface area contributed by atoms with Crippen LogP contribution in [-0.4, -0.2) is 89.5 Å². The molecule has 0 N–H and O–H groups in total. The summed E-state index contributed by atoms with van der Waals surface area (Å²) in [5.74, 6) is -11.4. The van der Waals surface area contributed by atoms with E-state index in [-0.39, 0.29) is 69.7 Å². The zero-order valence-corrected chi connectivity index (χ0v) is 33.5. The Morgan fingerprint density at radius 2 is 0.776 bits per heavy atom. The fourth-order valence-electron chi connectivity index (χ4n) is 4.72. The summed E-state index contributed by atoms with van der Waals surface area (Å²) in [7, 11) is 7.96. The van der Waals surface area contributed by atoms with E-state index in [2.05, 4.69) is 24.3 Å². The van der Waals surface area contributed by atoms with Crippen molar-refractivity contribution in [2.45, 2.75) is 12.8 Å². The summed E-state index contributed by atoms with van der Waals surface area (Å²) in [5.41, 5.74) is -1.24.